The molecular weight excluding hydrogens is 396 g/mol. The lowest BCUT2D eigenvalue weighted by atomic mass is 10.4. The Kier molecular flexibility index (Phi) is 10.3. The number of alkyl halides is 3. The molecule has 2 N–H and O–H groups in total. The molecule has 4 nitrogen and oxygen atoms in total. The first-order valence-corrected chi connectivity index (χ1v) is 7.29. The number of guanidine groups is 1. The lowest BCUT2D eigenvalue weighted by Crippen LogP contribution is -2.42. The average Bonchev–Trinajstić information content (AvgIpc) is 3.17. The minimum absolute atomic E-state index is 0. The summed E-state index contributed by atoms with van der Waals surface area (Å²) in [5, 5.41) is 6.04. The molecule has 0 saturated heterocycles. The standard InChI is InChI=1S/C13H25F3N4.HI/c1-3-17-12(18-8-7-13(14,15)16)19-9-10-20(4-2)11-5-6-11;/h11H,3-10H2,1-2H3,(H2,17,18,19);1H. The predicted molar refractivity (Wildman–Crippen MR) is 90.3 cm³/mol. The van der Waals surface area contributed by atoms with Crippen LogP contribution in [0.25, 0.3) is 0 Å². The molecule has 126 valence electrons. The van der Waals surface area contributed by atoms with Crippen molar-refractivity contribution in [3.63, 3.8) is 0 Å². The van der Waals surface area contributed by atoms with Gasteiger partial charge in [0.1, 0.15) is 0 Å². The van der Waals surface area contributed by atoms with Crippen LogP contribution in [0, 0.1) is 0 Å². The molecule has 0 heterocycles. The Labute approximate surface area is 142 Å². The number of hydrogen-bond donors (Lipinski definition) is 2. The van der Waals surface area contributed by atoms with Gasteiger partial charge in [-0.1, -0.05) is 6.92 Å². The quantitative estimate of drug-likeness (QED) is 0.359. The molecule has 0 aromatic carbocycles. The monoisotopic (exact) mass is 422 g/mol. The molecule has 0 aliphatic heterocycles. The van der Waals surface area contributed by atoms with Gasteiger partial charge in [-0.2, -0.15) is 13.2 Å². The number of halogens is 4. The number of nitrogens with one attached hydrogen (secondary N) is 2. The van der Waals surface area contributed by atoms with Crippen LogP contribution in [0.15, 0.2) is 4.99 Å². The topological polar surface area (TPSA) is 39.7 Å². The van der Waals surface area contributed by atoms with E-state index in [0.717, 1.165) is 13.1 Å². The van der Waals surface area contributed by atoms with E-state index in [1.807, 2.05) is 6.92 Å². The van der Waals surface area contributed by atoms with Gasteiger partial charge >= 0.3 is 6.18 Å². The van der Waals surface area contributed by atoms with Gasteiger partial charge in [0, 0.05) is 25.7 Å². The van der Waals surface area contributed by atoms with Gasteiger partial charge in [0.05, 0.1) is 13.0 Å². The van der Waals surface area contributed by atoms with Crippen molar-refractivity contribution in [3.8, 4) is 0 Å². The molecule has 8 heteroatoms. The van der Waals surface area contributed by atoms with Gasteiger partial charge < -0.3 is 10.6 Å². The van der Waals surface area contributed by atoms with Crippen LogP contribution in [0.4, 0.5) is 13.2 Å². The molecule has 0 bridgehead atoms. The maximum atomic E-state index is 12.1. The summed E-state index contributed by atoms with van der Waals surface area (Å²) in [6.45, 7) is 7.02. The second-order valence-electron chi connectivity index (χ2n) is 4.91. The Hall–Kier alpha value is -0.250. The Morgan fingerprint density at radius 2 is 1.90 bits per heavy atom. The lowest BCUT2D eigenvalue weighted by Gasteiger charge is -2.20. The summed E-state index contributed by atoms with van der Waals surface area (Å²) in [4.78, 5) is 6.32. The van der Waals surface area contributed by atoms with E-state index in [9.17, 15) is 13.2 Å². The van der Waals surface area contributed by atoms with Crippen LogP contribution in [-0.2, 0) is 0 Å². The van der Waals surface area contributed by atoms with Crippen molar-refractivity contribution in [2.24, 2.45) is 4.99 Å². The average molecular weight is 422 g/mol. The molecule has 0 radical (unpaired) electrons. The van der Waals surface area contributed by atoms with E-state index < -0.39 is 12.6 Å². The van der Waals surface area contributed by atoms with Gasteiger partial charge in [0.25, 0.3) is 0 Å². The van der Waals surface area contributed by atoms with Crippen molar-refractivity contribution in [3.05, 3.63) is 0 Å². The molecule has 0 atom stereocenters. The maximum absolute atomic E-state index is 12.1. The fourth-order valence-corrected chi connectivity index (χ4v) is 1.99. The largest absolute Gasteiger partial charge is 0.390 e. The smallest absolute Gasteiger partial charge is 0.357 e. The highest BCUT2D eigenvalue weighted by Crippen LogP contribution is 2.25. The van der Waals surface area contributed by atoms with E-state index >= 15 is 0 Å². The molecule has 0 amide bonds. The Morgan fingerprint density at radius 1 is 1.24 bits per heavy atom. The van der Waals surface area contributed by atoms with Crippen LogP contribution in [0.5, 0.6) is 0 Å². The normalized spacial score (nSPS) is 15.8. The Bertz CT molecular complexity index is 306. The van der Waals surface area contributed by atoms with Gasteiger partial charge in [0.15, 0.2) is 5.96 Å². The molecule has 1 rings (SSSR count). The summed E-state index contributed by atoms with van der Waals surface area (Å²) in [6.07, 6.45) is -2.51. The maximum Gasteiger partial charge on any atom is 0.390 e. The third-order valence-electron chi connectivity index (χ3n) is 3.17. The Morgan fingerprint density at radius 3 is 2.38 bits per heavy atom. The zero-order chi connectivity index (χ0) is 15.0. The third kappa shape index (κ3) is 10.2. The summed E-state index contributed by atoms with van der Waals surface area (Å²) < 4.78 is 36.2. The SMILES string of the molecule is CCNC(=NCCC(F)(F)F)NCCN(CC)C1CC1.I. The zero-order valence-corrected chi connectivity index (χ0v) is 15.0. The van der Waals surface area contributed by atoms with Crippen LogP contribution < -0.4 is 10.6 Å². The van der Waals surface area contributed by atoms with Crippen LogP contribution in [0.1, 0.15) is 33.1 Å². The predicted octanol–water partition coefficient (Wildman–Crippen LogP) is 2.60. The molecule has 1 fully saturated rings. The number of likely N-dealkylation sites (N-methyl/N-ethyl adjacent to an activating group) is 1. The van der Waals surface area contributed by atoms with E-state index in [2.05, 4.69) is 27.4 Å². The molecule has 0 aromatic heterocycles. The third-order valence-corrected chi connectivity index (χ3v) is 3.17. The van der Waals surface area contributed by atoms with E-state index in [1.165, 1.54) is 12.8 Å². The number of nitrogens with zero attached hydrogens (tertiary/aromatic N) is 2. The van der Waals surface area contributed by atoms with Gasteiger partial charge in [-0.15, -0.1) is 24.0 Å². The minimum Gasteiger partial charge on any atom is -0.357 e. The minimum atomic E-state index is -4.15. The second kappa shape index (κ2) is 10.5. The summed E-state index contributed by atoms with van der Waals surface area (Å²) in [5.41, 5.74) is 0. The van der Waals surface area contributed by atoms with E-state index in [0.29, 0.717) is 25.1 Å². The molecule has 0 unspecified atom stereocenters. The van der Waals surface area contributed by atoms with Gasteiger partial charge in [0.2, 0.25) is 0 Å². The first kappa shape index (κ1) is 20.8. The fraction of sp³-hybridized carbons (Fsp3) is 0.923. The highest BCUT2D eigenvalue weighted by atomic mass is 127. The van der Waals surface area contributed by atoms with Crippen molar-refractivity contribution in [1.29, 1.82) is 0 Å². The van der Waals surface area contributed by atoms with Crippen molar-refractivity contribution in [2.45, 2.75) is 45.3 Å². The first-order chi connectivity index (χ1) is 9.46. The second-order valence-corrected chi connectivity index (χ2v) is 4.91. The van der Waals surface area contributed by atoms with Gasteiger partial charge in [-0.3, -0.25) is 9.89 Å². The molecule has 1 aliphatic carbocycles. The number of rotatable bonds is 8. The van der Waals surface area contributed by atoms with E-state index in [4.69, 9.17) is 0 Å². The first-order valence-electron chi connectivity index (χ1n) is 7.29. The van der Waals surface area contributed by atoms with E-state index in [1.54, 1.807) is 0 Å². The Balaban J connectivity index is 0.00000400. The van der Waals surface area contributed by atoms with Crippen LogP contribution in [0.2, 0.25) is 0 Å². The summed E-state index contributed by atoms with van der Waals surface area (Å²) in [7, 11) is 0. The molecule has 1 saturated carbocycles. The van der Waals surface area contributed by atoms with Crippen LogP contribution in [0.3, 0.4) is 0 Å². The zero-order valence-electron chi connectivity index (χ0n) is 12.7. The number of hydrogen-bond acceptors (Lipinski definition) is 2. The van der Waals surface area contributed by atoms with Crippen molar-refractivity contribution >= 4 is 29.9 Å². The van der Waals surface area contributed by atoms with Crippen LogP contribution in [-0.4, -0.2) is 55.8 Å². The summed E-state index contributed by atoms with van der Waals surface area (Å²) in [6, 6.07) is 0.701. The number of aliphatic imine (C=N–C) groups is 1. The highest BCUT2D eigenvalue weighted by Gasteiger charge is 2.27. The van der Waals surface area contributed by atoms with Crippen molar-refractivity contribution in [2.75, 3.05) is 32.7 Å². The van der Waals surface area contributed by atoms with Gasteiger partial charge in [-0.25, -0.2) is 0 Å². The highest BCUT2D eigenvalue weighted by molar-refractivity contribution is 14.0. The molecule has 0 spiro atoms. The van der Waals surface area contributed by atoms with Gasteiger partial charge in [-0.05, 0) is 26.3 Å². The summed E-state index contributed by atoms with van der Waals surface area (Å²) in [5.74, 6) is 0.462. The van der Waals surface area contributed by atoms with Crippen molar-refractivity contribution in [1.82, 2.24) is 15.5 Å². The lowest BCUT2D eigenvalue weighted by molar-refractivity contribution is -0.132. The van der Waals surface area contributed by atoms with Crippen LogP contribution >= 0.6 is 24.0 Å². The molecule has 21 heavy (non-hydrogen) atoms. The van der Waals surface area contributed by atoms with E-state index in [-0.39, 0.29) is 30.5 Å². The molecule has 0 aromatic rings. The molecular formula is C13H26F3IN4. The summed E-state index contributed by atoms with van der Waals surface area (Å²) >= 11 is 0. The van der Waals surface area contributed by atoms with Crippen molar-refractivity contribution < 1.29 is 13.2 Å². The fourth-order valence-electron chi connectivity index (χ4n) is 1.99. The molecule has 1 aliphatic rings.